The second-order valence-corrected chi connectivity index (χ2v) is 6.89. The molecule has 106 valence electrons. The Morgan fingerprint density at radius 3 is 2.32 bits per heavy atom. The molecular weight excluding hydrogens is 334 g/mol. The van der Waals surface area contributed by atoms with E-state index in [-0.39, 0.29) is 10.8 Å². The second kappa shape index (κ2) is 6.49. The van der Waals surface area contributed by atoms with E-state index in [0.29, 0.717) is 6.42 Å². The molecule has 0 aliphatic heterocycles. The normalized spacial score (nSPS) is 14.9. The van der Waals surface area contributed by atoms with Crippen molar-refractivity contribution in [3.63, 3.8) is 0 Å². The minimum Gasteiger partial charge on any atom is -0.548 e. The molecule has 1 N–H and O–H groups in total. The van der Waals surface area contributed by atoms with E-state index >= 15 is 0 Å². The number of benzene rings is 1. The van der Waals surface area contributed by atoms with Crippen molar-refractivity contribution in [2.45, 2.75) is 31.2 Å². The third kappa shape index (κ3) is 4.29. The predicted molar refractivity (Wildman–Crippen MR) is 72.7 cm³/mol. The molecule has 0 unspecified atom stereocenters. The van der Waals surface area contributed by atoms with Gasteiger partial charge in [0, 0.05) is 4.47 Å². The average molecular weight is 349 g/mol. The van der Waals surface area contributed by atoms with Crippen molar-refractivity contribution < 1.29 is 18.3 Å². The van der Waals surface area contributed by atoms with Gasteiger partial charge < -0.3 is 9.90 Å². The summed E-state index contributed by atoms with van der Waals surface area (Å²) in [5.74, 6) is -1.77. The zero-order chi connectivity index (χ0) is 14.6. The molecule has 0 amide bonds. The summed E-state index contributed by atoms with van der Waals surface area (Å²) in [5, 5.41) is 11.0. The van der Waals surface area contributed by atoms with Crippen molar-refractivity contribution in [1.29, 1.82) is 0 Å². The molecular formula is C12H15BrNO4S-. The van der Waals surface area contributed by atoms with Crippen LogP contribution in [0.25, 0.3) is 0 Å². The molecule has 0 aliphatic carbocycles. The van der Waals surface area contributed by atoms with E-state index in [0.717, 1.165) is 4.47 Å². The van der Waals surface area contributed by atoms with Crippen LogP contribution in [-0.2, 0) is 14.8 Å². The first-order chi connectivity index (χ1) is 8.77. The first-order valence-electron chi connectivity index (χ1n) is 5.76. The summed E-state index contributed by atoms with van der Waals surface area (Å²) in [4.78, 5) is 11.0. The van der Waals surface area contributed by atoms with Gasteiger partial charge in [-0.15, -0.1) is 0 Å². The Kier molecular flexibility index (Phi) is 5.51. The number of sulfonamides is 1. The molecule has 7 heteroatoms. The highest BCUT2D eigenvalue weighted by atomic mass is 79.9. The summed E-state index contributed by atoms with van der Waals surface area (Å²) < 4.78 is 27.0. The van der Waals surface area contributed by atoms with Gasteiger partial charge in [-0.1, -0.05) is 36.2 Å². The van der Waals surface area contributed by atoms with Crippen LogP contribution in [0.5, 0.6) is 0 Å². The second-order valence-electron chi connectivity index (χ2n) is 4.26. The standard InChI is InChI=1S/C12H16BrNO4S/c1-3-8(2)11(12(15)16)14-19(17,18)10-6-4-9(13)5-7-10/h4-8,11,14H,3H2,1-2H3,(H,15,16)/p-1/t8-,11+/m0/s1. The van der Waals surface area contributed by atoms with E-state index in [1.54, 1.807) is 26.0 Å². The van der Waals surface area contributed by atoms with Gasteiger partial charge >= 0.3 is 0 Å². The van der Waals surface area contributed by atoms with Gasteiger partial charge in [-0.2, -0.15) is 0 Å². The number of rotatable bonds is 6. The first kappa shape index (κ1) is 16.1. The van der Waals surface area contributed by atoms with Crippen LogP contribution in [-0.4, -0.2) is 20.4 Å². The van der Waals surface area contributed by atoms with E-state index in [9.17, 15) is 18.3 Å². The molecule has 1 aromatic rings. The molecule has 5 nitrogen and oxygen atoms in total. The van der Waals surface area contributed by atoms with Crippen molar-refractivity contribution in [2.75, 3.05) is 0 Å². The summed E-state index contributed by atoms with van der Waals surface area (Å²) >= 11 is 3.20. The zero-order valence-corrected chi connectivity index (χ0v) is 13.0. The van der Waals surface area contributed by atoms with Crippen molar-refractivity contribution >= 4 is 31.9 Å². The van der Waals surface area contributed by atoms with E-state index < -0.39 is 22.0 Å². The Morgan fingerprint density at radius 1 is 1.37 bits per heavy atom. The number of carbonyl (C=O) groups is 1. The van der Waals surface area contributed by atoms with Crippen LogP contribution in [0.3, 0.4) is 0 Å². The van der Waals surface area contributed by atoms with Crippen molar-refractivity contribution in [1.82, 2.24) is 4.72 Å². The number of carboxylic acid groups (broad SMARTS) is 1. The lowest BCUT2D eigenvalue weighted by atomic mass is 10.0. The van der Waals surface area contributed by atoms with Gasteiger partial charge in [0.25, 0.3) is 0 Å². The van der Waals surface area contributed by atoms with Crippen LogP contribution in [0, 0.1) is 5.92 Å². The molecule has 0 aromatic heterocycles. The third-order valence-electron chi connectivity index (χ3n) is 2.87. The lowest BCUT2D eigenvalue weighted by molar-refractivity contribution is -0.309. The van der Waals surface area contributed by atoms with Crippen LogP contribution in [0.1, 0.15) is 20.3 Å². The molecule has 0 heterocycles. The molecule has 19 heavy (non-hydrogen) atoms. The highest BCUT2D eigenvalue weighted by Gasteiger charge is 2.24. The Hall–Kier alpha value is -0.920. The fraction of sp³-hybridized carbons (Fsp3) is 0.417. The molecule has 0 fully saturated rings. The van der Waals surface area contributed by atoms with Gasteiger partial charge in [-0.05, 0) is 30.2 Å². The molecule has 2 atom stereocenters. The Labute approximate surface area is 121 Å². The van der Waals surface area contributed by atoms with E-state index in [4.69, 9.17) is 0 Å². The molecule has 0 saturated heterocycles. The lowest BCUT2D eigenvalue weighted by Gasteiger charge is -2.24. The van der Waals surface area contributed by atoms with Crippen LogP contribution >= 0.6 is 15.9 Å². The lowest BCUT2D eigenvalue weighted by Crippen LogP contribution is -2.51. The van der Waals surface area contributed by atoms with Gasteiger partial charge in [0.15, 0.2) is 0 Å². The monoisotopic (exact) mass is 348 g/mol. The highest BCUT2D eigenvalue weighted by Crippen LogP contribution is 2.16. The van der Waals surface area contributed by atoms with Crippen LogP contribution < -0.4 is 9.83 Å². The maximum absolute atomic E-state index is 12.1. The van der Waals surface area contributed by atoms with E-state index in [1.165, 1.54) is 12.1 Å². The summed E-state index contributed by atoms with van der Waals surface area (Å²) in [7, 11) is -3.87. The molecule has 0 bridgehead atoms. The average Bonchev–Trinajstić information content (AvgIpc) is 2.35. The fourth-order valence-corrected chi connectivity index (χ4v) is 3.04. The van der Waals surface area contributed by atoms with Gasteiger partial charge in [-0.25, -0.2) is 13.1 Å². The van der Waals surface area contributed by atoms with Gasteiger partial charge in [0.05, 0.1) is 16.9 Å². The van der Waals surface area contributed by atoms with Crippen LogP contribution in [0.2, 0.25) is 0 Å². The molecule has 0 radical (unpaired) electrons. The number of nitrogens with one attached hydrogen (secondary N) is 1. The van der Waals surface area contributed by atoms with Gasteiger partial charge in [0.2, 0.25) is 10.0 Å². The smallest absolute Gasteiger partial charge is 0.241 e. The quantitative estimate of drug-likeness (QED) is 0.827. The van der Waals surface area contributed by atoms with Crippen LogP contribution in [0.15, 0.2) is 33.6 Å². The number of aliphatic carboxylic acids is 1. The summed E-state index contributed by atoms with van der Waals surface area (Å²) in [6.45, 7) is 3.44. The summed E-state index contributed by atoms with van der Waals surface area (Å²) in [6.07, 6.45) is 0.529. The number of halogens is 1. The van der Waals surface area contributed by atoms with Gasteiger partial charge in [0.1, 0.15) is 0 Å². The minimum absolute atomic E-state index is 0.0188. The topological polar surface area (TPSA) is 86.3 Å². The molecule has 1 rings (SSSR count). The Bertz CT molecular complexity index is 541. The number of hydrogen-bond donors (Lipinski definition) is 1. The third-order valence-corrected chi connectivity index (χ3v) is 4.86. The van der Waals surface area contributed by atoms with Crippen molar-refractivity contribution in [2.24, 2.45) is 5.92 Å². The van der Waals surface area contributed by atoms with E-state index in [1.807, 2.05) is 0 Å². The SMILES string of the molecule is CC[C@H](C)[C@@H](NS(=O)(=O)c1ccc(Br)cc1)C(=O)[O-]. The van der Waals surface area contributed by atoms with Crippen LogP contribution in [0.4, 0.5) is 0 Å². The maximum atomic E-state index is 12.1. The Balaban J connectivity index is 3.00. The number of carbonyl (C=O) groups excluding carboxylic acids is 1. The largest absolute Gasteiger partial charge is 0.548 e. The number of carboxylic acids is 1. The highest BCUT2D eigenvalue weighted by molar-refractivity contribution is 9.10. The van der Waals surface area contributed by atoms with Crippen molar-refractivity contribution in [3.8, 4) is 0 Å². The number of hydrogen-bond acceptors (Lipinski definition) is 4. The summed E-state index contributed by atoms with van der Waals surface area (Å²) in [6, 6.07) is 4.71. The van der Waals surface area contributed by atoms with Gasteiger partial charge in [-0.3, -0.25) is 0 Å². The Morgan fingerprint density at radius 2 is 1.89 bits per heavy atom. The molecule has 1 aromatic carbocycles. The maximum Gasteiger partial charge on any atom is 0.241 e. The predicted octanol–water partition coefficient (Wildman–Crippen LogP) is 0.892. The first-order valence-corrected chi connectivity index (χ1v) is 8.04. The summed E-state index contributed by atoms with van der Waals surface area (Å²) in [5.41, 5.74) is 0. The molecule has 0 spiro atoms. The van der Waals surface area contributed by atoms with E-state index in [2.05, 4.69) is 20.7 Å². The minimum atomic E-state index is -3.87. The molecule has 0 aliphatic rings. The molecule has 0 saturated carbocycles. The van der Waals surface area contributed by atoms with Crippen molar-refractivity contribution in [3.05, 3.63) is 28.7 Å². The zero-order valence-electron chi connectivity index (χ0n) is 10.6. The fourth-order valence-electron chi connectivity index (χ4n) is 1.48.